The normalized spacial score (nSPS) is 9.46. The number of hydrogen-bond donors (Lipinski definition) is 1. The van der Waals surface area contributed by atoms with Gasteiger partial charge in [0, 0.05) is 12.5 Å². The quantitative estimate of drug-likeness (QED) is 0.304. The highest BCUT2D eigenvalue weighted by atomic mass is 16.4. The van der Waals surface area contributed by atoms with Gasteiger partial charge in [-0.05, 0) is 18.3 Å². The highest BCUT2D eigenvalue weighted by Crippen LogP contribution is 1.89. The Morgan fingerprint density at radius 3 is 2.85 bits per heavy atom. The van der Waals surface area contributed by atoms with E-state index in [0.717, 1.165) is 12.5 Å². The number of carboxylic acids is 1. The van der Waals surface area contributed by atoms with Gasteiger partial charge in [-0.3, -0.25) is 0 Å². The fraction of sp³-hybridized carbons (Fsp3) is 0.182. The van der Waals surface area contributed by atoms with E-state index in [0.29, 0.717) is 6.42 Å². The summed E-state index contributed by atoms with van der Waals surface area (Å²) in [5, 5.41) is 8.22. The lowest BCUT2D eigenvalue weighted by atomic mass is 10.3. The van der Waals surface area contributed by atoms with E-state index < -0.39 is 5.97 Å². The summed E-state index contributed by atoms with van der Waals surface area (Å²) in [7, 11) is 0. The summed E-state index contributed by atoms with van der Waals surface area (Å²) in [6, 6.07) is 0. The van der Waals surface area contributed by atoms with Crippen LogP contribution < -0.4 is 0 Å². The molecule has 0 bridgehead atoms. The third-order valence-electron chi connectivity index (χ3n) is 1.08. The zero-order valence-corrected chi connectivity index (χ0v) is 7.16. The number of carbonyl (C=O) groups is 1. The van der Waals surface area contributed by atoms with Crippen molar-refractivity contribution in [3.05, 3.63) is 24.3 Å². The van der Waals surface area contributed by atoms with Crippen LogP contribution >= 0.6 is 0 Å². The van der Waals surface area contributed by atoms with Crippen LogP contribution in [0.4, 0.5) is 0 Å². The van der Waals surface area contributed by atoms with Gasteiger partial charge in [0.05, 0.1) is 0 Å². The Kier molecular flexibility index (Phi) is 6.96. The molecule has 0 aromatic carbocycles. The maximum atomic E-state index is 10.0. The van der Waals surface area contributed by atoms with Gasteiger partial charge in [-0.2, -0.15) is 0 Å². The molecule has 0 unspecified atom stereocenters. The molecule has 0 aliphatic rings. The first kappa shape index (κ1) is 11.1. The number of allylic oxidation sites excluding steroid dienone is 3. The van der Waals surface area contributed by atoms with Gasteiger partial charge in [0.15, 0.2) is 0 Å². The van der Waals surface area contributed by atoms with Gasteiger partial charge < -0.3 is 5.11 Å². The molecule has 2 nitrogen and oxygen atoms in total. The lowest BCUT2D eigenvalue weighted by Crippen LogP contribution is -1.84. The van der Waals surface area contributed by atoms with Crippen LogP contribution in [0.3, 0.4) is 0 Å². The van der Waals surface area contributed by atoms with E-state index in [1.807, 2.05) is 6.08 Å². The van der Waals surface area contributed by atoms with Crippen molar-refractivity contribution in [2.75, 3.05) is 0 Å². The number of rotatable bonds is 4. The first-order chi connectivity index (χ1) is 6.27. The van der Waals surface area contributed by atoms with Gasteiger partial charge in [0.2, 0.25) is 0 Å². The lowest BCUT2D eigenvalue weighted by Gasteiger charge is -1.80. The highest BCUT2D eigenvalue weighted by molar-refractivity contribution is 5.80. The van der Waals surface area contributed by atoms with E-state index in [1.54, 1.807) is 6.08 Å². The molecule has 1 N–H and O–H groups in total. The minimum absolute atomic E-state index is 0.696. The smallest absolute Gasteiger partial charge is 0.328 e. The van der Waals surface area contributed by atoms with Crippen molar-refractivity contribution in [3.8, 4) is 24.2 Å². The average molecular weight is 174 g/mol. The van der Waals surface area contributed by atoms with Crippen molar-refractivity contribution < 1.29 is 9.90 Å². The molecule has 2 heteroatoms. The summed E-state index contributed by atoms with van der Waals surface area (Å²) in [6.45, 7) is 0. The van der Waals surface area contributed by atoms with Gasteiger partial charge in [-0.15, -0.1) is 6.42 Å². The van der Waals surface area contributed by atoms with E-state index in [-0.39, 0.29) is 0 Å². The SMILES string of the molecule is C#CC#CCCC=CC=CC(=O)O. The maximum absolute atomic E-state index is 10.0. The van der Waals surface area contributed by atoms with Gasteiger partial charge >= 0.3 is 5.97 Å². The predicted molar refractivity (Wildman–Crippen MR) is 51.8 cm³/mol. The molecule has 13 heavy (non-hydrogen) atoms. The van der Waals surface area contributed by atoms with E-state index in [2.05, 4.69) is 17.8 Å². The summed E-state index contributed by atoms with van der Waals surface area (Å²) in [5.41, 5.74) is 0. The molecule has 0 spiro atoms. The number of aliphatic carboxylic acids is 1. The van der Waals surface area contributed by atoms with Crippen LogP contribution in [0.5, 0.6) is 0 Å². The molecular formula is C11H10O2. The minimum Gasteiger partial charge on any atom is -0.478 e. The van der Waals surface area contributed by atoms with Crippen LogP contribution in [0, 0.1) is 24.2 Å². The highest BCUT2D eigenvalue weighted by Gasteiger charge is 1.80. The van der Waals surface area contributed by atoms with Crippen LogP contribution in [0.1, 0.15) is 12.8 Å². The Morgan fingerprint density at radius 1 is 1.46 bits per heavy atom. The summed E-state index contributed by atoms with van der Waals surface area (Å²) in [4.78, 5) is 10.0. The first-order valence-corrected chi connectivity index (χ1v) is 3.77. The third kappa shape index (κ3) is 10.1. The number of unbranched alkanes of at least 4 members (excludes halogenated alkanes) is 1. The van der Waals surface area contributed by atoms with Crippen LogP contribution in [-0.2, 0) is 4.79 Å². The third-order valence-corrected chi connectivity index (χ3v) is 1.08. The van der Waals surface area contributed by atoms with Crippen molar-refractivity contribution >= 4 is 5.97 Å². The van der Waals surface area contributed by atoms with Crippen LogP contribution in [0.2, 0.25) is 0 Å². The molecule has 66 valence electrons. The maximum Gasteiger partial charge on any atom is 0.328 e. The van der Waals surface area contributed by atoms with Gasteiger partial charge in [0.25, 0.3) is 0 Å². The standard InChI is InChI=1S/C11H10O2/c1-2-3-4-5-6-7-8-9-10-11(12)13/h1,7-10H,5-6H2,(H,12,13). The van der Waals surface area contributed by atoms with E-state index in [9.17, 15) is 4.79 Å². The average Bonchev–Trinajstić information content (AvgIpc) is 2.09. The molecule has 0 saturated carbocycles. The van der Waals surface area contributed by atoms with Crippen molar-refractivity contribution in [2.24, 2.45) is 0 Å². The summed E-state index contributed by atoms with van der Waals surface area (Å²) in [6.07, 6.45) is 12.4. The van der Waals surface area contributed by atoms with Gasteiger partial charge in [-0.1, -0.05) is 24.1 Å². The topological polar surface area (TPSA) is 37.3 Å². The zero-order valence-electron chi connectivity index (χ0n) is 7.16. The first-order valence-electron chi connectivity index (χ1n) is 3.77. The van der Waals surface area contributed by atoms with Crippen molar-refractivity contribution in [2.45, 2.75) is 12.8 Å². The second kappa shape index (κ2) is 8.17. The Labute approximate surface area is 78.0 Å². The molecule has 0 amide bonds. The molecule has 0 fully saturated rings. The Bertz CT molecular complexity index is 305. The molecule has 0 aliphatic heterocycles. The summed E-state index contributed by atoms with van der Waals surface area (Å²) < 4.78 is 0. The largest absolute Gasteiger partial charge is 0.478 e. The molecule has 0 aromatic rings. The summed E-state index contributed by atoms with van der Waals surface area (Å²) >= 11 is 0. The van der Waals surface area contributed by atoms with Gasteiger partial charge in [-0.25, -0.2) is 4.79 Å². The van der Waals surface area contributed by atoms with Crippen LogP contribution in [-0.4, -0.2) is 11.1 Å². The van der Waals surface area contributed by atoms with Crippen molar-refractivity contribution in [1.29, 1.82) is 0 Å². The van der Waals surface area contributed by atoms with E-state index in [4.69, 9.17) is 11.5 Å². The Hall–Kier alpha value is -1.93. The molecule has 0 aliphatic carbocycles. The van der Waals surface area contributed by atoms with Crippen molar-refractivity contribution in [1.82, 2.24) is 0 Å². The fourth-order valence-electron chi connectivity index (χ4n) is 0.582. The minimum atomic E-state index is -0.947. The second-order valence-electron chi connectivity index (χ2n) is 2.11. The molecule has 0 radical (unpaired) electrons. The van der Waals surface area contributed by atoms with E-state index in [1.165, 1.54) is 6.08 Å². The van der Waals surface area contributed by atoms with Crippen molar-refractivity contribution in [3.63, 3.8) is 0 Å². The molecular weight excluding hydrogens is 164 g/mol. The van der Waals surface area contributed by atoms with Crippen LogP contribution in [0.25, 0.3) is 0 Å². The lowest BCUT2D eigenvalue weighted by molar-refractivity contribution is -0.131. The van der Waals surface area contributed by atoms with Crippen LogP contribution in [0.15, 0.2) is 24.3 Å². The Morgan fingerprint density at radius 2 is 2.23 bits per heavy atom. The molecule has 0 aromatic heterocycles. The predicted octanol–water partition coefficient (Wildman–Crippen LogP) is 1.60. The van der Waals surface area contributed by atoms with Gasteiger partial charge in [0.1, 0.15) is 0 Å². The van der Waals surface area contributed by atoms with E-state index >= 15 is 0 Å². The molecule has 0 atom stereocenters. The molecule has 0 saturated heterocycles. The number of carboxylic acid groups (broad SMARTS) is 1. The zero-order chi connectivity index (χ0) is 9.94. The summed E-state index contributed by atoms with van der Waals surface area (Å²) in [5.74, 6) is 6.51. The monoisotopic (exact) mass is 174 g/mol. The number of terminal acetylenes is 1. The number of hydrogen-bond acceptors (Lipinski definition) is 1. The fourth-order valence-corrected chi connectivity index (χ4v) is 0.582. The molecule has 0 rings (SSSR count). The molecule has 0 heterocycles. The second-order valence-corrected chi connectivity index (χ2v) is 2.11. The Balaban J connectivity index is 3.54.